The minimum absolute atomic E-state index is 0.242. The Kier molecular flexibility index (Phi) is 6.11. The highest BCUT2D eigenvalue weighted by Crippen LogP contribution is 2.31. The summed E-state index contributed by atoms with van der Waals surface area (Å²) in [5.74, 6) is -0.182. The van der Waals surface area contributed by atoms with Crippen LogP contribution in [0.25, 0.3) is 0 Å². The molecule has 0 fully saturated rings. The number of pyridine rings is 1. The molecule has 2 aromatic carbocycles. The summed E-state index contributed by atoms with van der Waals surface area (Å²) >= 11 is 6.08. The molecular formula is C21H19ClFN3O2. The summed E-state index contributed by atoms with van der Waals surface area (Å²) < 4.78 is 18.9. The van der Waals surface area contributed by atoms with E-state index >= 15 is 0 Å². The number of halogens is 2. The molecule has 0 bridgehead atoms. The van der Waals surface area contributed by atoms with Crippen molar-refractivity contribution in [2.45, 2.75) is 13.5 Å². The molecule has 0 atom stereocenters. The van der Waals surface area contributed by atoms with Crippen molar-refractivity contribution in [2.24, 2.45) is 0 Å². The molecule has 0 saturated carbocycles. The van der Waals surface area contributed by atoms with Crippen LogP contribution in [0.5, 0.6) is 5.75 Å². The van der Waals surface area contributed by atoms with Crippen LogP contribution in [-0.4, -0.2) is 18.0 Å². The van der Waals surface area contributed by atoms with Crippen LogP contribution in [0.15, 0.2) is 54.7 Å². The minimum Gasteiger partial charge on any atom is -0.495 e. The highest BCUT2D eigenvalue weighted by Gasteiger charge is 2.13. The number of hydrogen-bond donors (Lipinski definition) is 2. The lowest BCUT2D eigenvalue weighted by molar-refractivity contribution is 0.102. The quantitative estimate of drug-likeness (QED) is 0.608. The molecule has 28 heavy (non-hydrogen) atoms. The molecule has 0 unspecified atom stereocenters. The molecule has 1 aromatic heterocycles. The topological polar surface area (TPSA) is 63.2 Å². The summed E-state index contributed by atoms with van der Waals surface area (Å²) in [5.41, 5.74) is 2.80. The van der Waals surface area contributed by atoms with Gasteiger partial charge in [-0.25, -0.2) is 9.37 Å². The van der Waals surface area contributed by atoms with Crippen molar-refractivity contribution >= 4 is 28.9 Å². The maximum Gasteiger partial charge on any atom is 0.274 e. The molecule has 0 radical (unpaired) electrons. The van der Waals surface area contributed by atoms with Gasteiger partial charge in [0.15, 0.2) is 0 Å². The fourth-order valence-electron chi connectivity index (χ4n) is 2.59. The van der Waals surface area contributed by atoms with Crippen LogP contribution in [0.2, 0.25) is 5.02 Å². The maximum absolute atomic E-state index is 13.7. The van der Waals surface area contributed by atoms with E-state index in [4.69, 9.17) is 16.3 Å². The number of nitrogens with one attached hydrogen (secondary N) is 2. The molecule has 3 rings (SSSR count). The lowest BCUT2D eigenvalue weighted by Gasteiger charge is -2.12. The average Bonchev–Trinajstić information content (AvgIpc) is 2.70. The molecule has 0 aliphatic carbocycles. The van der Waals surface area contributed by atoms with Crippen molar-refractivity contribution in [3.05, 3.63) is 82.4 Å². The normalized spacial score (nSPS) is 10.4. The summed E-state index contributed by atoms with van der Waals surface area (Å²) in [4.78, 5) is 16.7. The Morgan fingerprint density at radius 3 is 2.68 bits per heavy atom. The SMILES string of the molecule is COc1cc(Cl)c(C)cc1NC(=O)c1ccc(NCc2ccccc2F)cn1. The number of hydrogen-bond acceptors (Lipinski definition) is 4. The van der Waals surface area contributed by atoms with Gasteiger partial charge in [-0.15, -0.1) is 0 Å². The molecule has 3 aromatic rings. The number of aromatic nitrogens is 1. The minimum atomic E-state index is -0.374. The zero-order valence-electron chi connectivity index (χ0n) is 15.4. The first-order valence-corrected chi connectivity index (χ1v) is 8.94. The fraction of sp³-hybridized carbons (Fsp3) is 0.143. The monoisotopic (exact) mass is 399 g/mol. The highest BCUT2D eigenvalue weighted by atomic mass is 35.5. The number of methoxy groups -OCH3 is 1. The number of aryl methyl sites for hydroxylation is 1. The Balaban J connectivity index is 1.67. The molecule has 1 heterocycles. The summed E-state index contributed by atoms with van der Waals surface area (Å²) in [6.07, 6.45) is 1.53. The molecule has 0 spiro atoms. The van der Waals surface area contributed by atoms with Crippen LogP contribution in [-0.2, 0) is 6.54 Å². The van der Waals surface area contributed by atoms with E-state index in [1.165, 1.54) is 19.4 Å². The van der Waals surface area contributed by atoms with Crippen LogP contribution in [0.4, 0.5) is 15.8 Å². The van der Waals surface area contributed by atoms with Crippen molar-refractivity contribution < 1.29 is 13.9 Å². The number of carbonyl (C=O) groups is 1. The molecule has 1 amide bonds. The molecular weight excluding hydrogens is 381 g/mol. The molecule has 144 valence electrons. The Morgan fingerprint density at radius 2 is 2.00 bits per heavy atom. The van der Waals surface area contributed by atoms with E-state index in [1.54, 1.807) is 42.5 Å². The molecule has 0 saturated heterocycles. The first kappa shape index (κ1) is 19.6. The van der Waals surface area contributed by atoms with Crippen LogP contribution >= 0.6 is 11.6 Å². The number of benzene rings is 2. The van der Waals surface area contributed by atoms with Crippen molar-refractivity contribution in [1.82, 2.24) is 4.98 Å². The first-order valence-electron chi connectivity index (χ1n) is 8.56. The van der Waals surface area contributed by atoms with Gasteiger partial charge in [-0.1, -0.05) is 29.8 Å². The van der Waals surface area contributed by atoms with Crippen LogP contribution in [0.3, 0.4) is 0 Å². The lowest BCUT2D eigenvalue weighted by atomic mass is 10.2. The molecule has 7 heteroatoms. The fourth-order valence-corrected chi connectivity index (χ4v) is 2.74. The second-order valence-corrected chi connectivity index (χ2v) is 6.54. The predicted octanol–water partition coefficient (Wildman–Crippen LogP) is 5.06. The van der Waals surface area contributed by atoms with Crippen LogP contribution in [0, 0.1) is 12.7 Å². The van der Waals surface area contributed by atoms with E-state index in [0.29, 0.717) is 34.3 Å². The number of anilines is 2. The third-order valence-electron chi connectivity index (χ3n) is 4.17. The van der Waals surface area contributed by atoms with Gasteiger partial charge in [0.25, 0.3) is 5.91 Å². The van der Waals surface area contributed by atoms with Gasteiger partial charge >= 0.3 is 0 Å². The van der Waals surface area contributed by atoms with Crippen LogP contribution < -0.4 is 15.4 Å². The third kappa shape index (κ3) is 4.58. The second-order valence-electron chi connectivity index (χ2n) is 6.13. The summed E-state index contributed by atoms with van der Waals surface area (Å²) in [6.45, 7) is 2.16. The Morgan fingerprint density at radius 1 is 1.21 bits per heavy atom. The Bertz CT molecular complexity index is 993. The number of carbonyl (C=O) groups excluding carboxylic acids is 1. The Labute approximate surface area is 167 Å². The van der Waals surface area contributed by atoms with Crippen molar-refractivity contribution in [3.63, 3.8) is 0 Å². The first-order chi connectivity index (χ1) is 13.5. The standard InChI is InChI=1S/C21H19ClFN3O2/c1-13-9-19(20(28-2)10-16(13)22)26-21(27)18-8-7-15(12-25-18)24-11-14-5-3-4-6-17(14)23/h3-10,12,24H,11H2,1-2H3,(H,26,27). The van der Waals surface area contributed by atoms with Gasteiger partial charge in [0.2, 0.25) is 0 Å². The van der Waals surface area contributed by atoms with E-state index in [1.807, 2.05) is 6.92 Å². The molecule has 0 aliphatic heterocycles. The average molecular weight is 400 g/mol. The maximum atomic E-state index is 13.7. The van der Waals surface area contributed by atoms with E-state index in [0.717, 1.165) is 5.56 Å². The molecule has 2 N–H and O–H groups in total. The van der Waals surface area contributed by atoms with Gasteiger partial charge in [0.05, 0.1) is 24.7 Å². The van der Waals surface area contributed by atoms with Gasteiger partial charge in [-0.05, 0) is 36.8 Å². The van der Waals surface area contributed by atoms with Gasteiger partial charge in [0, 0.05) is 23.2 Å². The number of rotatable bonds is 6. The third-order valence-corrected chi connectivity index (χ3v) is 4.57. The predicted molar refractivity (Wildman–Crippen MR) is 109 cm³/mol. The summed E-state index contributed by atoms with van der Waals surface area (Å²) in [6, 6.07) is 13.2. The second kappa shape index (κ2) is 8.71. The lowest BCUT2D eigenvalue weighted by Crippen LogP contribution is -2.14. The number of nitrogens with zero attached hydrogens (tertiary/aromatic N) is 1. The summed E-state index contributed by atoms with van der Waals surface area (Å²) in [7, 11) is 1.50. The van der Waals surface area contributed by atoms with Crippen molar-refractivity contribution in [2.75, 3.05) is 17.7 Å². The highest BCUT2D eigenvalue weighted by molar-refractivity contribution is 6.31. The van der Waals surface area contributed by atoms with Gasteiger partial charge < -0.3 is 15.4 Å². The van der Waals surface area contributed by atoms with Crippen molar-refractivity contribution in [1.29, 1.82) is 0 Å². The number of amides is 1. The molecule has 5 nitrogen and oxygen atoms in total. The smallest absolute Gasteiger partial charge is 0.274 e. The van der Waals surface area contributed by atoms with Crippen LogP contribution in [0.1, 0.15) is 21.6 Å². The van der Waals surface area contributed by atoms with Gasteiger partial charge in [0.1, 0.15) is 17.3 Å². The Hall–Kier alpha value is -3.12. The molecule has 0 aliphatic rings. The zero-order valence-corrected chi connectivity index (χ0v) is 16.2. The van der Waals surface area contributed by atoms with Crippen molar-refractivity contribution in [3.8, 4) is 5.75 Å². The van der Waals surface area contributed by atoms with Gasteiger partial charge in [-0.3, -0.25) is 4.79 Å². The van der Waals surface area contributed by atoms with E-state index < -0.39 is 0 Å². The van der Waals surface area contributed by atoms with Gasteiger partial charge in [-0.2, -0.15) is 0 Å². The van der Waals surface area contributed by atoms with E-state index in [-0.39, 0.29) is 17.4 Å². The zero-order chi connectivity index (χ0) is 20.1. The van der Waals surface area contributed by atoms with E-state index in [2.05, 4.69) is 15.6 Å². The largest absolute Gasteiger partial charge is 0.495 e. The number of ether oxygens (including phenoxy) is 1. The van der Waals surface area contributed by atoms with E-state index in [9.17, 15) is 9.18 Å². The summed E-state index contributed by atoms with van der Waals surface area (Å²) in [5, 5.41) is 6.41.